The van der Waals surface area contributed by atoms with Crippen molar-refractivity contribution in [1.29, 1.82) is 0 Å². The molecule has 1 N–H and O–H groups in total. The number of fused-ring (bicyclic) bond motifs is 4. The zero-order valence-corrected chi connectivity index (χ0v) is 8.75. The third-order valence-corrected chi connectivity index (χ3v) is 2.76. The van der Waals surface area contributed by atoms with Gasteiger partial charge in [0.1, 0.15) is 11.0 Å². The van der Waals surface area contributed by atoms with Gasteiger partial charge < -0.3 is 4.98 Å². The number of nitrogens with one attached hydrogen (secondary N) is 1. The molecule has 0 aliphatic rings. The Morgan fingerprint density at radius 3 is 2.88 bits per heavy atom. The van der Waals surface area contributed by atoms with Gasteiger partial charge in [0.25, 0.3) is 0 Å². The quantitative estimate of drug-likeness (QED) is 0.493. The van der Waals surface area contributed by atoms with Crippen molar-refractivity contribution in [1.82, 2.24) is 24.9 Å². The Kier molecular flexibility index (Phi) is 1.50. The monoisotopic (exact) mass is 221 g/mol. The van der Waals surface area contributed by atoms with Gasteiger partial charge in [0.15, 0.2) is 11.3 Å². The summed E-state index contributed by atoms with van der Waals surface area (Å²) >= 11 is 0. The number of aromatic amines is 1. The summed E-state index contributed by atoms with van der Waals surface area (Å²) < 4.78 is 0. The normalized spacial score (nSPS) is 11.5. The van der Waals surface area contributed by atoms with E-state index < -0.39 is 0 Å². The lowest BCUT2D eigenvalue weighted by atomic mass is 10.2. The lowest BCUT2D eigenvalue weighted by Crippen LogP contribution is -1.89. The van der Waals surface area contributed by atoms with Crippen molar-refractivity contribution in [3.05, 3.63) is 36.8 Å². The molecular weight excluding hydrogens is 214 g/mol. The highest BCUT2D eigenvalue weighted by Crippen LogP contribution is 2.23. The number of benzene rings is 1. The topological polar surface area (TPSA) is 67.3 Å². The number of aromatic nitrogens is 5. The van der Waals surface area contributed by atoms with Crippen LogP contribution in [0.4, 0.5) is 0 Å². The molecule has 0 aliphatic heterocycles. The zero-order valence-electron chi connectivity index (χ0n) is 8.75. The summed E-state index contributed by atoms with van der Waals surface area (Å²) in [6, 6.07) is 7.91. The van der Waals surface area contributed by atoms with Crippen LogP contribution in [0.15, 0.2) is 36.8 Å². The molecule has 0 aliphatic carbocycles. The lowest BCUT2D eigenvalue weighted by molar-refractivity contribution is 1.17. The molecule has 0 spiro atoms. The van der Waals surface area contributed by atoms with Crippen LogP contribution in [0.2, 0.25) is 0 Å². The van der Waals surface area contributed by atoms with E-state index in [1.807, 2.05) is 24.3 Å². The maximum atomic E-state index is 4.55. The zero-order chi connectivity index (χ0) is 11.2. The van der Waals surface area contributed by atoms with Crippen molar-refractivity contribution in [2.24, 2.45) is 0 Å². The second kappa shape index (κ2) is 2.98. The molecule has 0 fully saturated rings. The Morgan fingerprint density at radius 1 is 0.941 bits per heavy atom. The number of hydrogen-bond acceptors (Lipinski definition) is 4. The molecule has 0 atom stereocenters. The fourth-order valence-electron chi connectivity index (χ4n) is 1.99. The van der Waals surface area contributed by atoms with Crippen LogP contribution in [0.1, 0.15) is 0 Å². The van der Waals surface area contributed by atoms with Gasteiger partial charge in [-0.3, -0.25) is 0 Å². The van der Waals surface area contributed by atoms with Crippen molar-refractivity contribution in [2.75, 3.05) is 0 Å². The van der Waals surface area contributed by atoms with Crippen LogP contribution in [0.25, 0.3) is 33.2 Å². The molecular formula is C12H7N5. The lowest BCUT2D eigenvalue weighted by Gasteiger charge is -1.95. The summed E-state index contributed by atoms with van der Waals surface area (Å²) in [5.74, 6) is 0. The van der Waals surface area contributed by atoms with Gasteiger partial charge in [0.05, 0.1) is 18.0 Å². The van der Waals surface area contributed by atoms with Crippen molar-refractivity contribution >= 4 is 33.2 Å². The molecule has 4 aromatic rings. The Labute approximate surface area is 95.6 Å². The van der Waals surface area contributed by atoms with Crippen molar-refractivity contribution in [2.45, 2.75) is 0 Å². The predicted molar refractivity (Wildman–Crippen MR) is 64.5 cm³/mol. The van der Waals surface area contributed by atoms with Crippen molar-refractivity contribution in [3.63, 3.8) is 0 Å². The molecule has 80 valence electrons. The molecule has 0 radical (unpaired) electrons. The summed E-state index contributed by atoms with van der Waals surface area (Å²) in [6.07, 6.45) is 3.28. The van der Waals surface area contributed by atoms with Crippen LogP contribution in [0.3, 0.4) is 0 Å². The van der Waals surface area contributed by atoms with Crippen LogP contribution in [-0.4, -0.2) is 24.9 Å². The molecule has 0 unspecified atom stereocenters. The van der Waals surface area contributed by atoms with Gasteiger partial charge in [-0.25, -0.2) is 19.9 Å². The van der Waals surface area contributed by atoms with E-state index in [9.17, 15) is 0 Å². The Morgan fingerprint density at radius 2 is 1.88 bits per heavy atom. The maximum absolute atomic E-state index is 4.55. The first-order valence-electron chi connectivity index (χ1n) is 5.26. The predicted octanol–water partition coefficient (Wildman–Crippen LogP) is 2.05. The van der Waals surface area contributed by atoms with E-state index in [1.54, 1.807) is 12.5 Å². The van der Waals surface area contributed by atoms with E-state index in [0.717, 1.165) is 21.9 Å². The molecule has 5 heteroatoms. The first kappa shape index (κ1) is 8.58. The van der Waals surface area contributed by atoms with E-state index >= 15 is 0 Å². The van der Waals surface area contributed by atoms with E-state index in [-0.39, 0.29) is 0 Å². The summed E-state index contributed by atoms with van der Waals surface area (Å²) in [7, 11) is 0. The van der Waals surface area contributed by atoms with E-state index in [2.05, 4.69) is 24.9 Å². The highest BCUT2D eigenvalue weighted by Gasteiger charge is 2.09. The summed E-state index contributed by atoms with van der Waals surface area (Å²) in [5.41, 5.74) is 3.87. The maximum Gasteiger partial charge on any atom is 0.181 e. The van der Waals surface area contributed by atoms with Gasteiger partial charge in [-0.05, 0) is 6.07 Å². The summed E-state index contributed by atoms with van der Waals surface area (Å²) in [6.45, 7) is 0. The molecule has 1 aromatic carbocycles. The van der Waals surface area contributed by atoms with E-state index in [1.165, 1.54) is 0 Å². The van der Waals surface area contributed by atoms with Crippen LogP contribution in [0.5, 0.6) is 0 Å². The fraction of sp³-hybridized carbons (Fsp3) is 0. The number of hydrogen-bond donors (Lipinski definition) is 1. The molecule has 0 bridgehead atoms. The molecule has 0 saturated heterocycles. The molecule has 5 nitrogen and oxygen atoms in total. The second-order valence-corrected chi connectivity index (χ2v) is 3.81. The van der Waals surface area contributed by atoms with Crippen LogP contribution in [-0.2, 0) is 0 Å². The summed E-state index contributed by atoms with van der Waals surface area (Å²) in [5, 5.41) is 1.03. The Bertz CT molecular complexity index is 843. The first-order valence-corrected chi connectivity index (χ1v) is 5.26. The van der Waals surface area contributed by atoms with Crippen molar-refractivity contribution in [3.8, 4) is 0 Å². The summed E-state index contributed by atoms with van der Waals surface area (Å²) in [4.78, 5) is 20.4. The molecule has 0 amide bonds. The van der Waals surface area contributed by atoms with Crippen LogP contribution >= 0.6 is 0 Å². The minimum Gasteiger partial charge on any atom is -0.329 e. The van der Waals surface area contributed by atoms with Gasteiger partial charge in [-0.2, -0.15) is 0 Å². The first-order chi connectivity index (χ1) is 8.42. The van der Waals surface area contributed by atoms with Crippen LogP contribution in [0, 0.1) is 0 Å². The van der Waals surface area contributed by atoms with Gasteiger partial charge in [-0.15, -0.1) is 0 Å². The largest absolute Gasteiger partial charge is 0.329 e. The molecule has 17 heavy (non-hydrogen) atoms. The molecule has 4 rings (SSSR count). The Balaban J connectivity index is 2.28. The standard InChI is InChI=1S/C12H7N5/c1-2-4-8-7(3-1)10-12(16-8)17-11-9(15-10)5-13-6-14-11/h1-6H,(H,13,14,16,17). The highest BCUT2D eigenvalue weighted by atomic mass is 15.0. The number of para-hydroxylation sites is 1. The minimum absolute atomic E-state index is 0.668. The molecule has 3 aromatic heterocycles. The average molecular weight is 221 g/mol. The third kappa shape index (κ3) is 1.13. The van der Waals surface area contributed by atoms with Gasteiger partial charge in [-0.1, -0.05) is 18.2 Å². The van der Waals surface area contributed by atoms with Gasteiger partial charge in [0, 0.05) is 5.39 Å². The molecule has 0 saturated carbocycles. The highest BCUT2D eigenvalue weighted by molar-refractivity contribution is 6.05. The van der Waals surface area contributed by atoms with Crippen LogP contribution < -0.4 is 0 Å². The van der Waals surface area contributed by atoms with Gasteiger partial charge in [0.2, 0.25) is 0 Å². The number of H-pyrrole nitrogens is 1. The fourth-order valence-corrected chi connectivity index (χ4v) is 1.99. The molecule has 3 heterocycles. The average Bonchev–Trinajstić information content (AvgIpc) is 2.73. The van der Waals surface area contributed by atoms with E-state index in [0.29, 0.717) is 11.3 Å². The van der Waals surface area contributed by atoms with Crippen molar-refractivity contribution < 1.29 is 0 Å². The van der Waals surface area contributed by atoms with Gasteiger partial charge >= 0.3 is 0 Å². The SMILES string of the molecule is c1ccc2c(c1)nc1nc3[nH]cncc3nc12. The third-order valence-electron chi connectivity index (χ3n) is 2.76. The number of nitrogens with zero attached hydrogens (tertiary/aromatic N) is 4. The smallest absolute Gasteiger partial charge is 0.181 e. The second-order valence-electron chi connectivity index (χ2n) is 3.81. The number of rotatable bonds is 0. The van der Waals surface area contributed by atoms with E-state index in [4.69, 9.17) is 0 Å². The Hall–Kier alpha value is -2.56. The minimum atomic E-state index is 0.668.